The molecular weight excluding hydrogens is 362 g/mol. The third-order valence-corrected chi connectivity index (χ3v) is 6.99. The minimum Gasteiger partial charge on any atom is -0.345 e. The zero-order valence-corrected chi connectivity index (χ0v) is 16.4. The maximum Gasteiger partial charge on any atom is 0.251 e. The van der Waals surface area contributed by atoms with Crippen LogP contribution in [-0.4, -0.2) is 36.2 Å². The monoisotopic (exact) mass is 387 g/mol. The summed E-state index contributed by atoms with van der Waals surface area (Å²) in [4.78, 5) is 16.8. The second kappa shape index (κ2) is 8.19. The van der Waals surface area contributed by atoms with Gasteiger partial charge in [0.15, 0.2) is 0 Å². The molecule has 2 aromatic rings. The number of aromatic nitrogens is 1. The molecule has 1 aliphatic heterocycles. The van der Waals surface area contributed by atoms with E-state index in [4.69, 9.17) is 0 Å². The van der Waals surface area contributed by atoms with E-state index in [0.29, 0.717) is 12.1 Å². The molecule has 1 saturated heterocycles. The molecule has 3 rings (SSSR count). The first-order valence-electron chi connectivity index (χ1n) is 9.22. The zero-order valence-electron chi connectivity index (χ0n) is 15.6. The third-order valence-electron chi connectivity index (χ3n) is 4.98. The quantitative estimate of drug-likeness (QED) is 0.855. The first-order chi connectivity index (χ1) is 12.9. The molecule has 2 heterocycles. The minimum atomic E-state index is -3.60. The Morgan fingerprint density at radius 3 is 2.78 bits per heavy atom. The molecule has 7 heteroatoms. The second-order valence-electron chi connectivity index (χ2n) is 6.97. The van der Waals surface area contributed by atoms with Crippen molar-refractivity contribution in [1.82, 2.24) is 14.6 Å². The number of pyridine rings is 1. The molecule has 0 bridgehead atoms. The lowest BCUT2D eigenvalue weighted by Gasteiger charge is -2.32. The van der Waals surface area contributed by atoms with Crippen LogP contribution in [0.5, 0.6) is 0 Å². The van der Waals surface area contributed by atoms with Crippen LogP contribution in [0.25, 0.3) is 0 Å². The van der Waals surface area contributed by atoms with E-state index in [1.165, 1.54) is 6.07 Å². The molecule has 2 atom stereocenters. The average Bonchev–Trinajstić information content (AvgIpc) is 2.69. The summed E-state index contributed by atoms with van der Waals surface area (Å²) in [6, 6.07) is 9.71. The van der Waals surface area contributed by atoms with Gasteiger partial charge in [-0.3, -0.25) is 9.78 Å². The molecule has 0 saturated carbocycles. The number of carbonyl (C=O) groups excluding carboxylic acids is 1. The Morgan fingerprint density at radius 2 is 2.07 bits per heavy atom. The van der Waals surface area contributed by atoms with Gasteiger partial charge in [-0.05, 0) is 56.5 Å². The summed E-state index contributed by atoms with van der Waals surface area (Å²) in [7, 11) is -3.60. The van der Waals surface area contributed by atoms with Gasteiger partial charge < -0.3 is 5.32 Å². The molecule has 1 aliphatic rings. The number of sulfonamides is 1. The SMILES string of the molecule is CC(NC(=O)c1cccc(S(=O)(=O)N2CCCCC2C)c1)c1cccnc1. The lowest BCUT2D eigenvalue weighted by atomic mass is 10.1. The number of piperidine rings is 1. The van der Waals surface area contributed by atoms with Gasteiger partial charge in [0.1, 0.15) is 0 Å². The fourth-order valence-corrected chi connectivity index (χ4v) is 5.10. The molecule has 0 aliphatic carbocycles. The highest BCUT2D eigenvalue weighted by Gasteiger charge is 2.31. The Labute approximate surface area is 160 Å². The van der Waals surface area contributed by atoms with Gasteiger partial charge in [0.2, 0.25) is 10.0 Å². The fraction of sp³-hybridized carbons (Fsp3) is 0.400. The summed E-state index contributed by atoms with van der Waals surface area (Å²) >= 11 is 0. The van der Waals surface area contributed by atoms with Gasteiger partial charge in [-0.2, -0.15) is 4.31 Å². The molecule has 6 nitrogen and oxygen atoms in total. The number of nitrogens with one attached hydrogen (secondary N) is 1. The van der Waals surface area contributed by atoms with Crippen molar-refractivity contribution in [3.05, 3.63) is 59.9 Å². The van der Waals surface area contributed by atoms with Crippen LogP contribution in [0.3, 0.4) is 0 Å². The molecule has 1 aromatic heterocycles. The van der Waals surface area contributed by atoms with E-state index < -0.39 is 10.0 Å². The van der Waals surface area contributed by atoms with Crippen molar-refractivity contribution in [1.29, 1.82) is 0 Å². The molecule has 1 amide bonds. The van der Waals surface area contributed by atoms with Gasteiger partial charge >= 0.3 is 0 Å². The summed E-state index contributed by atoms with van der Waals surface area (Å²) in [5, 5.41) is 2.89. The van der Waals surface area contributed by atoms with E-state index >= 15 is 0 Å². The number of hydrogen-bond acceptors (Lipinski definition) is 4. The molecule has 1 fully saturated rings. The fourth-order valence-electron chi connectivity index (χ4n) is 3.36. The third kappa shape index (κ3) is 4.36. The normalized spacial score (nSPS) is 19.4. The second-order valence-corrected chi connectivity index (χ2v) is 8.86. The van der Waals surface area contributed by atoms with Crippen LogP contribution in [0.15, 0.2) is 53.7 Å². The van der Waals surface area contributed by atoms with E-state index in [2.05, 4.69) is 10.3 Å². The molecule has 1 N–H and O–H groups in total. The highest BCUT2D eigenvalue weighted by molar-refractivity contribution is 7.89. The van der Waals surface area contributed by atoms with Crippen LogP contribution in [0, 0.1) is 0 Å². The van der Waals surface area contributed by atoms with Crippen molar-refractivity contribution in [3.63, 3.8) is 0 Å². The van der Waals surface area contributed by atoms with Crippen molar-refractivity contribution in [3.8, 4) is 0 Å². The van der Waals surface area contributed by atoms with Crippen LogP contribution in [-0.2, 0) is 10.0 Å². The largest absolute Gasteiger partial charge is 0.345 e. The van der Waals surface area contributed by atoms with Gasteiger partial charge in [-0.1, -0.05) is 18.6 Å². The van der Waals surface area contributed by atoms with Crippen molar-refractivity contribution >= 4 is 15.9 Å². The summed E-state index contributed by atoms with van der Waals surface area (Å²) < 4.78 is 27.6. The predicted molar refractivity (Wildman–Crippen MR) is 104 cm³/mol. The smallest absolute Gasteiger partial charge is 0.251 e. The standard InChI is InChI=1S/C20H25N3O3S/c1-15-7-3-4-12-23(15)27(25,26)19-10-5-8-17(13-19)20(24)22-16(2)18-9-6-11-21-14-18/h5-6,8-11,13-16H,3-4,7,12H2,1-2H3,(H,22,24). The van der Waals surface area contributed by atoms with Gasteiger partial charge in [-0.25, -0.2) is 8.42 Å². The summed E-state index contributed by atoms with van der Waals surface area (Å²) in [6.07, 6.45) is 6.15. The van der Waals surface area contributed by atoms with Crippen LogP contribution < -0.4 is 5.32 Å². The first-order valence-corrected chi connectivity index (χ1v) is 10.7. The van der Waals surface area contributed by atoms with Crippen molar-refractivity contribution in [2.24, 2.45) is 0 Å². The molecular formula is C20H25N3O3S. The lowest BCUT2D eigenvalue weighted by molar-refractivity contribution is 0.0939. The van der Waals surface area contributed by atoms with E-state index in [-0.39, 0.29) is 22.9 Å². The topological polar surface area (TPSA) is 79.4 Å². The maximum absolute atomic E-state index is 13.0. The molecule has 27 heavy (non-hydrogen) atoms. The van der Waals surface area contributed by atoms with Gasteiger partial charge in [-0.15, -0.1) is 0 Å². The van der Waals surface area contributed by atoms with Gasteiger partial charge in [0.25, 0.3) is 5.91 Å². The number of hydrogen-bond donors (Lipinski definition) is 1. The number of nitrogens with zero attached hydrogens (tertiary/aromatic N) is 2. The molecule has 2 unspecified atom stereocenters. The molecule has 0 spiro atoms. The van der Waals surface area contributed by atoms with Gasteiger partial charge in [0, 0.05) is 30.5 Å². The van der Waals surface area contributed by atoms with Gasteiger partial charge in [0.05, 0.1) is 10.9 Å². The van der Waals surface area contributed by atoms with E-state index in [9.17, 15) is 13.2 Å². The van der Waals surface area contributed by atoms with Crippen molar-refractivity contribution < 1.29 is 13.2 Å². The maximum atomic E-state index is 13.0. The summed E-state index contributed by atoms with van der Waals surface area (Å²) in [5.74, 6) is -0.310. The van der Waals surface area contributed by atoms with Crippen molar-refractivity contribution in [2.75, 3.05) is 6.54 Å². The van der Waals surface area contributed by atoms with Crippen LogP contribution in [0.4, 0.5) is 0 Å². The zero-order chi connectivity index (χ0) is 19.4. The van der Waals surface area contributed by atoms with Crippen LogP contribution in [0.2, 0.25) is 0 Å². The minimum absolute atomic E-state index is 0.0214. The van der Waals surface area contributed by atoms with E-state index in [1.54, 1.807) is 34.9 Å². The van der Waals surface area contributed by atoms with Crippen LogP contribution in [0.1, 0.15) is 55.1 Å². The summed E-state index contributed by atoms with van der Waals surface area (Å²) in [6.45, 7) is 4.33. The van der Waals surface area contributed by atoms with Crippen molar-refractivity contribution in [2.45, 2.75) is 50.1 Å². The lowest BCUT2D eigenvalue weighted by Crippen LogP contribution is -2.42. The Balaban J connectivity index is 1.79. The number of carbonyl (C=O) groups is 1. The Morgan fingerprint density at radius 1 is 1.26 bits per heavy atom. The molecule has 144 valence electrons. The number of benzene rings is 1. The Bertz CT molecular complexity index is 900. The number of amides is 1. The first kappa shape index (κ1) is 19.5. The van der Waals surface area contributed by atoms with Crippen LogP contribution >= 0.6 is 0 Å². The van der Waals surface area contributed by atoms with E-state index in [1.807, 2.05) is 26.0 Å². The number of rotatable bonds is 5. The Hall–Kier alpha value is -2.25. The highest BCUT2D eigenvalue weighted by Crippen LogP contribution is 2.25. The highest BCUT2D eigenvalue weighted by atomic mass is 32.2. The Kier molecular flexibility index (Phi) is 5.92. The molecule has 1 aromatic carbocycles. The molecule has 0 radical (unpaired) electrons. The summed E-state index contributed by atoms with van der Waals surface area (Å²) in [5.41, 5.74) is 1.22. The van der Waals surface area contributed by atoms with E-state index in [0.717, 1.165) is 24.8 Å². The average molecular weight is 388 g/mol. The predicted octanol–water partition coefficient (Wildman–Crippen LogP) is 3.14.